The molecular weight excluding hydrogens is 401 g/mol. The maximum absolute atomic E-state index is 4.75. The smallest absolute Gasteiger partial charge is 0.133 e. The first-order valence-electron chi connectivity index (χ1n) is 8.60. The summed E-state index contributed by atoms with van der Waals surface area (Å²) in [6.07, 6.45) is 1.92. The number of halogens is 2. The van der Waals surface area contributed by atoms with E-state index in [2.05, 4.69) is 38.1 Å². The van der Waals surface area contributed by atoms with Crippen molar-refractivity contribution in [2.24, 2.45) is 0 Å². The Morgan fingerprint density at radius 2 is 1.81 bits per heavy atom. The van der Waals surface area contributed by atoms with Crippen LogP contribution >= 0.6 is 36.2 Å². The molecule has 5 nitrogen and oxygen atoms in total. The normalized spacial score (nSPS) is 12.9. The van der Waals surface area contributed by atoms with E-state index in [-0.39, 0.29) is 24.8 Å². The van der Waals surface area contributed by atoms with Gasteiger partial charge in [0.25, 0.3) is 0 Å². The summed E-state index contributed by atoms with van der Waals surface area (Å²) in [5.74, 6) is 1.78. The van der Waals surface area contributed by atoms with Crippen molar-refractivity contribution in [3.63, 3.8) is 0 Å². The zero-order valence-electron chi connectivity index (χ0n) is 15.1. The second kappa shape index (κ2) is 9.99. The van der Waals surface area contributed by atoms with Crippen LogP contribution in [0.5, 0.6) is 0 Å². The standard InChI is InChI=1S/C19H21N5S.2ClH/c1-13-22-17-8-10-20-9-7-16(17)18(23-13)21-11-15-12-25-19(24-15)14-5-3-2-4-6-14;;/h2-6,12,20H,7-11H2,1H3,(H,21,22,23);2*1H. The molecule has 0 unspecified atom stereocenters. The minimum Gasteiger partial charge on any atom is -0.364 e. The fourth-order valence-corrected chi connectivity index (χ4v) is 3.92. The third kappa shape index (κ3) is 5.17. The molecule has 1 aliphatic heterocycles. The molecule has 1 aromatic carbocycles. The molecule has 0 aliphatic carbocycles. The van der Waals surface area contributed by atoms with Crippen LogP contribution in [0.4, 0.5) is 5.82 Å². The molecule has 1 aliphatic rings. The lowest BCUT2D eigenvalue weighted by Crippen LogP contribution is -2.16. The lowest BCUT2D eigenvalue weighted by Gasteiger charge is -2.13. The minimum atomic E-state index is 0. The second-order valence-corrected chi connectivity index (χ2v) is 7.02. The van der Waals surface area contributed by atoms with Gasteiger partial charge in [-0.2, -0.15) is 0 Å². The number of rotatable bonds is 4. The summed E-state index contributed by atoms with van der Waals surface area (Å²) >= 11 is 1.68. The molecule has 0 saturated heterocycles. The Balaban J connectivity index is 0.00000131. The SMILES string of the molecule is Cc1nc2c(c(NCc3csc(-c4ccccc4)n3)n1)CCNCC2.Cl.Cl. The Labute approximate surface area is 175 Å². The number of nitrogens with zero attached hydrogens (tertiary/aromatic N) is 3. The molecule has 0 atom stereocenters. The number of fused-ring (bicyclic) bond motifs is 1. The number of benzene rings is 1. The lowest BCUT2D eigenvalue weighted by molar-refractivity contribution is 0.708. The van der Waals surface area contributed by atoms with Gasteiger partial charge in [-0.05, 0) is 19.9 Å². The Morgan fingerprint density at radius 1 is 1.04 bits per heavy atom. The topological polar surface area (TPSA) is 62.7 Å². The Bertz CT molecular complexity index is 870. The van der Waals surface area contributed by atoms with Crippen LogP contribution in [0.1, 0.15) is 22.8 Å². The van der Waals surface area contributed by atoms with Crippen molar-refractivity contribution in [3.05, 3.63) is 58.5 Å². The van der Waals surface area contributed by atoms with E-state index in [0.29, 0.717) is 6.54 Å². The monoisotopic (exact) mass is 423 g/mol. The van der Waals surface area contributed by atoms with E-state index in [4.69, 9.17) is 4.98 Å². The van der Waals surface area contributed by atoms with Crippen molar-refractivity contribution in [2.45, 2.75) is 26.3 Å². The number of aromatic nitrogens is 3. The number of aryl methyl sites for hydroxylation is 1. The summed E-state index contributed by atoms with van der Waals surface area (Å²) in [7, 11) is 0. The Hall–Kier alpha value is -1.73. The number of nitrogens with one attached hydrogen (secondary N) is 2. The Morgan fingerprint density at radius 3 is 2.63 bits per heavy atom. The summed E-state index contributed by atoms with van der Waals surface area (Å²) in [6.45, 7) is 4.60. The fraction of sp³-hybridized carbons (Fsp3) is 0.316. The summed E-state index contributed by atoms with van der Waals surface area (Å²) in [6, 6.07) is 10.3. The highest BCUT2D eigenvalue weighted by Gasteiger charge is 2.15. The second-order valence-electron chi connectivity index (χ2n) is 6.16. The van der Waals surface area contributed by atoms with Gasteiger partial charge >= 0.3 is 0 Å². The highest BCUT2D eigenvalue weighted by molar-refractivity contribution is 7.13. The van der Waals surface area contributed by atoms with Crippen molar-refractivity contribution in [2.75, 3.05) is 18.4 Å². The first-order chi connectivity index (χ1) is 12.3. The number of anilines is 1. The van der Waals surface area contributed by atoms with Crippen LogP contribution in [-0.4, -0.2) is 28.0 Å². The molecular formula is C19H23Cl2N5S. The average molecular weight is 424 g/mol. The molecule has 27 heavy (non-hydrogen) atoms. The molecule has 0 bridgehead atoms. The molecule has 4 rings (SSSR count). The van der Waals surface area contributed by atoms with Crippen LogP contribution in [0.2, 0.25) is 0 Å². The van der Waals surface area contributed by atoms with E-state index in [1.54, 1.807) is 11.3 Å². The third-order valence-electron chi connectivity index (χ3n) is 4.30. The summed E-state index contributed by atoms with van der Waals surface area (Å²) < 4.78 is 0. The summed E-state index contributed by atoms with van der Waals surface area (Å²) in [4.78, 5) is 14.0. The van der Waals surface area contributed by atoms with Gasteiger partial charge in [-0.15, -0.1) is 36.2 Å². The van der Waals surface area contributed by atoms with E-state index >= 15 is 0 Å². The van der Waals surface area contributed by atoms with Crippen LogP contribution < -0.4 is 10.6 Å². The van der Waals surface area contributed by atoms with Crippen LogP contribution in [-0.2, 0) is 19.4 Å². The number of hydrogen-bond acceptors (Lipinski definition) is 6. The van der Waals surface area contributed by atoms with Gasteiger partial charge in [-0.25, -0.2) is 15.0 Å². The van der Waals surface area contributed by atoms with Crippen LogP contribution in [0, 0.1) is 6.92 Å². The van der Waals surface area contributed by atoms with E-state index in [9.17, 15) is 0 Å². The molecule has 3 aromatic rings. The van der Waals surface area contributed by atoms with Crippen LogP contribution in [0.15, 0.2) is 35.7 Å². The van der Waals surface area contributed by atoms with E-state index in [0.717, 1.165) is 53.8 Å². The third-order valence-corrected chi connectivity index (χ3v) is 5.24. The molecule has 0 radical (unpaired) electrons. The molecule has 0 saturated carbocycles. The van der Waals surface area contributed by atoms with Gasteiger partial charge < -0.3 is 10.6 Å². The zero-order valence-corrected chi connectivity index (χ0v) is 17.5. The van der Waals surface area contributed by atoms with Crippen molar-refractivity contribution < 1.29 is 0 Å². The molecule has 8 heteroatoms. The minimum absolute atomic E-state index is 0. The first kappa shape index (κ1) is 21.6. The maximum atomic E-state index is 4.75. The first-order valence-corrected chi connectivity index (χ1v) is 9.48. The largest absolute Gasteiger partial charge is 0.364 e. The van der Waals surface area contributed by atoms with Gasteiger partial charge in [-0.3, -0.25) is 0 Å². The van der Waals surface area contributed by atoms with Crippen LogP contribution in [0.25, 0.3) is 10.6 Å². The van der Waals surface area contributed by atoms with Gasteiger partial charge in [0.2, 0.25) is 0 Å². The van der Waals surface area contributed by atoms with Gasteiger partial charge in [0.1, 0.15) is 16.6 Å². The number of thiazole rings is 1. The highest BCUT2D eigenvalue weighted by atomic mass is 35.5. The Kier molecular flexibility index (Phi) is 7.98. The summed E-state index contributed by atoms with van der Waals surface area (Å²) in [5, 5.41) is 10.1. The van der Waals surface area contributed by atoms with E-state index in [1.807, 2.05) is 25.1 Å². The van der Waals surface area contributed by atoms with Gasteiger partial charge in [0.05, 0.1) is 17.9 Å². The average Bonchev–Trinajstić information content (AvgIpc) is 2.98. The van der Waals surface area contributed by atoms with E-state index in [1.165, 1.54) is 11.3 Å². The fourth-order valence-electron chi connectivity index (χ4n) is 3.09. The van der Waals surface area contributed by atoms with Crippen molar-refractivity contribution in [1.29, 1.82) is 0 Å². The molecule has 3 heterocycles. The van der Waals surface area contributed by atoms with E-state index < -0.39 is 0 Å². The molecule has 144 valence electrons. The molecule has 0 spiro atoms. The van der Waals surface area contributed by atoms with Gasteiger partial charge in [-0.1, -0.05) is 30.3 Å². The lowest BCUT2D eigenvalue weighted by atomic mass is 10.1. The quantitative estimate of drug-likeness (QED) is 0.662. The number of hydrogen-bond donors (Lipinski definition) is 2. The zero-order chi connectivity index (χ0) is 17.1. The molecule has 0 amide bonds. The van der Waals surface area contributed by atoms with Crippen molar-refractivity contribution in [3.8, 4) is 10.6 Å². The highest BCUT2D eigenvalue weighted by Crippen LogP contribution is 2.24. The molecule has 2 aromatic heterocycles. The van der Waals surface area contributed by atoms with Crippen LogP contribution in [0.3, 0.4) is 0 Å². The van der Waals surface area contributed by atoms with Crippen molar-refractivity contribution in [1.82, 2.24) is 20.3 Å². The molecule has 2 N–H and O–H groups in total. The maximum Gasteiger partial charge on any atom is 0.133 e. The van der Waals surface area contributed by atoms with Crippen molar-refractivity contribution >= 4 is 42.0 Å². The summed E-state index contributed by atoms with van der Waals surface area (Å²) in [5.41, 5.74) is 4.62. The predicted molar refractivity (Wildman–Crippen MR) is 116 cm³/mol. The van der Waals surface area contributed by atoms with Gasteiger partial charge in [0, 0.05) is 29.5 Å². The predicted octanol–water partition coefficient (Wildman–Crippen LogP) is 4.05. The van der Waals surface area contributed by atoms with Gasteiger partial charge in [0.15, 0.2) is 0 Å². The molecule has 0 fully saturated rings.